The van der Waals surface area contributed by atoms with Crippen LogP contribution in [0.2, 0.25) is 0 Å². The van der Waals surface area contributed by atoms with Crippen LogP contribution in [-0.4, -0.2) is 27.8 Å². The van der Waals surface area contributed by atoms with Gasteiger partial charge in [0.25, 0.3) is 0 Å². The van der Waals surface area contributed by atoms with Gasteiger partial charge in [-0.25, -0.2) is 4.63 Å². The molecule has 0 saturated carbocycles. The molecule has 0 atom stereocenters. The zero-order chi connectivity index (χ0) is 8.81. The number of aryl methyl sites for hydroxylation is 1. The Morgan fingerprint density at radius 3 is 2.92 bits per heavy atom. The van der Waals surface area contributed by atoms with Gasteiger partial charge in [0, 0.05) is 12.4 Å². The molecule has 0 aromatic carbocycles. The van der Waals surface area contributed by atoms with Crippen molar-refractivity contribution in [3.63, 3.8) is 0 Å². The van der Waals surface area contributed by atoms with Gasteiger partial charge in [-0.1, -0.05) is 10.3 Å². The SMILES string of the molecule is Cc1nonc1CSCCCO. The smallest absolute Gasteiger partial charge is 0.117 e. The van der Waals surface area contributed by atoms with E-state index in [0.717, 1.165) is 29.3 Å². The fourth-order valence-electron chi connectivity index (χ4n) is 0.716. The first-order chi connectivity index (χ1) is 5.84. The molecule has 0 unspecified atom stereocenters. The number of nitrogens with zero attached hydrogens (tertiary/aromatic N) is 2. The molecule has 0 radical (unpaired) electrons. The molecule has 4 nitrogen and oxygen atoms in total. The summed E-state index contributed by atoms with van der Waals surface area (Å²) in [7, 11) is 0. The van der Waals surface area contributed by atoms with Crippen LogP contribution in [0.15, 0.2) is 4.63 Å². The maximum atomic E-state index is 8.52. The van der Waals surface area contributed by atoms with E-state index in [1.54, 1.807) is 11.8 Å². The third kappa shape index (κ3) is 2.83. The molecule has 68 valence electrons. The van der Waals surface area contributed by atoms with Crippen LogP contribution in [0, 0.1) is 6.92 Å². The lowest BCUT2D eigenvalue weighted by molar-refractivity contribution is 0.296. The normalized spacial score (nSPS) is 10.5. The second-order valence-electron chi connectivity index (χ2n) is 2.43. The van der Waals surface area contributed by atoms with Crippen LogP contribution in [0.1, 0.15) is 17.8 Å². The summed E-state index contributed by atoms with van der Waals surface area (Å²) in [6, 6.07) is 0. The minimum absolute atomic E-state index is 0.253. The van der Waals surface area contributed by atoms with Gasteiger partial charge in [0.1, 0.15) is 11.4 Å². The maximum absolute atomic E-state index is 8.52. The first-order valence-electron chi connectivity index (χ1n) is 3.81. The Morgan fingerprint density at radius 1 is 1.50 bits per heavy atom. The highest BCUT2D eigenvalue weighted by Gasteiger charge is 2.03. The van der Waals surface area contributed by atoms with Crippen LogP contribution in [0.3, 0.4) is 0 Å². The van der Waals surface area contributed by atoms with Crippen molar-refractivity contribution >= 4 is 11.8 Å². The Balaban J connectivity index is 2.20. The molecule has 1 N–H and O–H groups in total. The topological polar surface area (TPSA) is 59.2 Å². The van der Waals surface area contributed by atoms with Gasteiger partial charge in [-0.15, -0.1) is 0 Å². The van der Waals surface area contributed by atoms with E-state index in [4.69, 9.17) is 5.11 Å². The number of aromatic nitrogens is 2. The van der Waals surface area contributed by atoms with Gasteiger partial charge in [0.05, 0.1) is 0 Å². The zero-order valence-corrected chi connectivity index (χ0v) is 7.80. The van der Waals surface area contributed by atoms with Crippen LogP contribution in [0.25, 0.3) is 0 Å². The summed E-state index contributed by atoms with van der Waals surface area (Å²) in [5.74, 6) is 1.76. The Morgan fingerprint density at radius 2 is 2.33 bits per heavy atom. The van der Waals surface area contributed by atoms with E-state index in [9.17, 15) is 0 Å². The summed E-state index contributed by atoms with van der Waals surface area (Å²) < 4.78 is 4.54. The van der Waals surface area contributed by atoms with Gasteiger partial charge >= 0.3 is 0 Å². The summed E-state index contributed by atoms with van der Waals surface area (Å²) >= 11 is 1.73. The molecule has 0 aliphatic rings. The standard InChI is InChI=1S/C7H12N2O2S/c1-6-7(9-11-8-6)5-12-4-2-3-10/h10H,2-5H2,1H3. The number of thioether (sulfide) groups is 1. The second kappa shape index (κ2) is 5.16. The molecule has 0 aliphatic carbocycles. The van der Waals surface area contributed by atoms with Crippen molar-refractivity contribution in [1.29, 1.82) is 0 Å². The molecule has 0 spiro atoms. The molecular weight excluding hydrogens is 176 g/mol. The highest BCUT2D eigenvalue weighted by atomic mass is 32.2. The zero-order valence-electron chi connectivity index (χ0n) is 6.99. The Hall–Kier alpha value is -0.550. The van der Waals surface area contributed by atoms with E-state index >= 15 is 0 Å². The van der Waals surface area contributed by atoms with Crippen molar-refractivity contribution in [3.8, 4) is 0 Å². The minimum atomic E-state index is 0.253. The molecule has 1 heterocycles. The van der Waals surface area contributed by atoms with E-state index in [1.807, 2.05) is 6.92 Å². The van der Waals surface area contributed by atoms with Crippen molar-refractivity contribution in [2.45, 2.75) is 19.1 Å². The molecule has 0 aliphatic heterocycles. The fourth-order valence-corrected chi connectivity index (χ4v) is 1.65. The quantitative estimate of drug-likeness (QED) is 0.698. The molecular formula is C7H12N2O2S. The number of hydrogen-bond donors (Lipinski definition) is 1. The van der Waals surface area contributed by atoms with Crippen molar-refractivity contribution in [2.24, 2.45) is 0 Å². The van der Waals surface area contributed by atoms with Gasteiger partial charge < -0.3 is 5.11 Å². The predicted molar refractivity (Wildman–Crippen MR) is 46.9 cm³/mol. The molecule has 1 aromatic heterocycles. The van der Waals surface area contributed by atoms with Crippen LogP contribution in [0.5, 0.6) is 0 Å². The van der Waals surface area contributed by atoms with Crippen LogP contribution in [-0.2, 0) is 5.75 Å². The van der Waals surface area contributed by atoms with E-state index in [1.165, 1.54) is 0 Å². The van der Waals surface area contributed by atoms with E-state index in [-0.39, 0.29) is 6.61 Å². The van der Waals surface area contributed by atoms with Crippen LogP contribution >= 0.6 is 11.8 Å². The Bertz CT molecular complexity index is 227. The summed E-state index contributed by atoms with van der Waals surface area (Å²) in [4.78, 5) is 0. The average molecular weight is 188 g/mol. The Labute approximate surface area is 75.3 Å². The number of hydrogen-bond acceptors (Lipinski definition) is 5. The summed E-state index contributed by atoms with van der Waals surface area (Å²) in [5, 5.41) is 15.9. The average Bonchev–Trinajstić information content (AvgIpc) is 2.46. The van der Waals surface area contributed by atoms with E-state index in [0.29, 0.717) is 0 Å². The van der Waals surface area contributed by atoms with Crippen molar-refractivity contribution in [3.05, 3.63) is 11.4 Å². The minimum Gasteiger partial charge on any atom is -0.396 e. The van der Waals surface area contributed by atoms with Crippen molar-refractivity contribution < 1.29 is 9.74 Å². The van der Waals surface area contributed by atoms with Gasteiger partial charge in [-0.3, -0.25) is 0 Å². The van der Waals surface area contributed by atoms with Gasteiger partial charge in [0.2, 0.25) is 0 Å². The molecule has 12 heavy (non-hydrogen) atoms. The molecule has 0 bridgehead atoms. The van der Waals surface area contributed by atoms with E-state index < -0.39 is 0 Å². The number of aliphatic hydroxyl groups is 1. The lowest BCUT2D eigenvalue weighted by atomic mass is 10.4. The first kappa shape index (κ1) is 9.54. The lowest BCUT2D eigenvalue weighted by Gasteiger charge is -1.95. The van der Waals surface area contributed by atoms with Crippen molar-refractivity contribution in [1.82, 2.24) is 10.3 Å². The molecule has 5 heteroatoms. The van der Waals surface area contributed by atoms with Gasteiger partial charge in [0.15, 0.2) is 0 Å². The number of aliphatic hydroxyl groups excluding tert-OH is 1. The lowest BCUT2D eigenvalue weighted by Crippen LogP contribution is -1.89. The molecule has 1 aromatic rings. The van der Waals surface area contributed by atoms with E-state index in [2.05, 4.69) is 14.9 Å². The Kier molecular flexibility index (Phi) is 4.10. The predicted octanol–water partition coefficient (Wildman–Crippen LogP) is 0.994. The maximum Gasteiger partial charge on any atom is 0.117 e. The largest absolute Gasteiger partial charge is 0.396 e. The third-order valence-corrected chi connectivity index (χ3v) is 2.49. The number of rotatable bonds is 5. The molecule has 1 rings (SSSR count). The highest BCUT2D eigenvalue weighted by molar-refractivity contribution is 7.98. The van der Waals surface area contributed by atoms with Gasteiger partial charge in [-0.05, 0) is 19.1 Å². The summed E-state index contributed by atoms with van der Waals surface area (Å²) in [5.41, 5.74) is 1.75. The second-order valence-corrected chi connectivity index (χ2v) is 3.53. The van der Waals surface area contributed by atoms with Crippen LogP contribution in [0.4, 0.5) is 0 Å². The van der Waals surface area contributed by atoms with Crippen molar-refractivity contribution in [2.75, 3.05) is 12.4 Å². The molecule has 0 amide bonds. The monoisotopic (exact) mass is 188 g/mol. The highest BCUT2D eigenvalue weighted by Crippen LogP contribution is 2.12. The third-order valence-electron chi connectivity index (χ3n) is 1.43. The molecule has 0 fully saturated rings. The first-order valence-corrected chi connectivity index (χ1v) is 4.96. The fraction of sp³-hybridized carbons (Fsp3) is 0.714. The van der Waals surface area contributed by atoms with Crippen LogP contribution < -0.4 is 0 Å². The molecule has 0 saturated heterocycles. The van der Waals surface area contributed by atoms with Gasteiger partial charge in [-0.2, -0.15) is 11.8 Å². The summed E-state index contributed by atoms with van der Waals surface area (Å²) in [6.07, 6.45) is 0.828. The summed E-state index contributed by atoms with van der Waals surface area (Å²) in [6.45, 7) is 2.13.